The standard InChI is InChI=1S/C20H20F3N3O3/c1-13(2)9-15-10-24-8-7-14(15)11-25-12-18(27)26(19(25)28)16-3-5-17(6-4-16)29-20(21,22)23/h3-8,10,13H,9,11-12H2,1-2H3. The minimum atomic E-state index is -4.81. The van der Waals surface area contributed by atoms with Crippen molar-refractivity contribution in [3.8, 4) is 5.75 Å². The molecule has 9 heteroatoms. The van der Waals surface area contributed by atoms with Gasteiger partial charge in [-0.2, -0.15) is 0 Å². The Kier molecular flexibility index (Phi) is 5.76. The van der Waals surface area contributed by atoms with Crippen LogP contribution in [0.15, 0.2) is 42.7 Å². The van der Waals surface area contributed by atoms with Gasteiger partial charge in [0.1, 0.15) is 12.3 Å². The number of pyridine rings is 1. The van der Waals surface area contributed by atoms with Crippen LogP contribution in [0.1, 0.15) is 25.0 Å². The van der Waals surface area contributed by atoms with Crippen molar-refractivity contribution in [2.24, 2.45) is 5.92 Å². The molecule has 0 radical (unpaired) electrons. The number of hydrogen-bond donors (Lipinski definition) is 0. The van der Waals surface area contributed by atoms with E-state index in [1.54, 1.807) is 12.4 Å². The Morgan fingerprint density at radius 1 is 1.10 bits per heavy atom. The molecule has 3 amide bonds. The third-order valence-corrected chi connectivity index (χ3v) is 4.36. The summed E-state index contributed by atoms with van der Waals surface area (Å²) >= 11 is 0. The Morgan fingerprint density at radius 3 is 2.41 bits per heavy atom. The molecule has 0 atom stereocenters. The number of imide groups is 1. The molecule has 2 heterocycles. The number of nitrogens with zero attached hydrogens (tertiary/aromatic N) is 3. The second kappa shape index (κ2) is 8.10. The van der Waals surface area contributed by atoms with E-state index in [1.807, 2.05) is 6.07 Å². The molecular weight excluding hydrogens is 387 g/mol. The van der Waals surface area contributed by atoms with Crippen molar-refractivity contribution in [2.75, 3.05) is 11.4 Å². The van der Waals surface area contributed by atoms with Crippen LogP contribution in [0, 0.1) is 5.92 Å². The van der Waals surface area contributed by atoms with E-state index in [4.69, 9.17) is 0 Å². The lowest BCUT2D eigenvalue weighted by atomic mass is 10.00. The van der Waals surface area contributed by atoms with Crippen LogP contribution < -0.4 is 9.64 Å². The van der Waals surface area contributed by atoms with Gasteiger partial charge in [-0.25, -0.2) is 9.69 Å². The summed E-state index contributed by atoms with van der Waals surface area (Å²) < 4.78 is 40.7. The maximum absolute atomic E-state index is 12.8. The second-order valence-electron chi connectivity index (χ2n) is 7.15. The van der Waals surface area contributed by atoms with Crippen LogP contribution in [0.2, 0.25) is 0 Å². The maximum Gasteiger partial charge on any atom is 0.573 e. The molecule has 154 valence electrons. The van der Waals surface area contributed by atoms with Gasteiger partial charge in [-0.15, -0.1) is 13.2 Å². The lowest BCUT2D eigenvalue weighted by molar-refractivity contribution is -0.274. The normalized spacial score (nSPS) is 14.8. The fourth-order valence-electron chi connectivity index (χ4n) is 3.16. The topological polar surface area (TPSA) is 62.7 Å². The summed E-state index contributed by atoms with van der Waals surface area (Å²) in [5.74, 6) is -0.464. The van der Waals surface area contributed by atoms with Gasteiger partial charge >= 0.3 is 12.4 Å². The predicted molar refractivity (Wildman–Crippen MR) is 99.2 cm³/mol. The Bertz CT molecular complexity index is 898. The number of anilines is 1. The number of ether oxygens (including phenoxy) is 1. The molecule has 6 nitrogen and oxygen atoms in total. The van der Waals surface area contributed by atoms with E-state index in [1.165, 1.54) is 17.0 Å². The van der Waals surface area contributed by atoms with Crippen molar-refractivity contribution in [1.82, 2.24) is 9.88 Å². The van der Waals surface area contributed by atoms with Crippen molar-refractivity contribution in [3.05, 3.63) is 53.9 Å². The van der Waals surface area contributed by atoms with Gasteiger partial charge in [0, 0.05) is 18.9 Å². The fourth-order valence-corrected chi connectivity index (χ4v) is 3.16. The van der Waals surface area contributed by atoms with Crippen LogP contribution >= 0.6 is 0 Å². The summed E-state index contributed by atoms with van der Waals surface area (Å²) in [7, 11) is 0. The van der Waals surface area contributed by atoms with Crippen molar-refractivity contribution in [2.45, 2.75) is 33.2 Å². The van der Waals surface area contributed by atoms with E-state index >= 15 is 0 Å². The molecule has 1 aromatic heterocycles. The minimum Gasteiger partial charge on any atom is -0.406 e. The highest BCUT2D eigenvalue weighted by Crippen LogP contribution is 2.28. The summed E-state index contributed by atoms with van der Waals surface area (Å²) in [6.45, 7) is 4.30. The van der Waals surface area contributed by atoms with Crippen molar-refractivity contribution >= 4 is 17.6 Å². The van der Waals surface area contributed by atoms with Gasteiger partial charge in [0.2, 0.25) is 0 Å². The van der Waals surface area contributed by atoms with Gasteiger partial charge in [-0.05, 0) is 53.8 Å². The molecule has 2 aromatic rings. The summed E-state index contributed by atoms with van der Waals surface area (Å²) in [6.07, 6.45) is -0.618. The number of hydrogen-bond acceptors (Lipinski definition) is 4. The van der Waals surface area contributed by atoms with Crippen LogP contribution in [0.25, 0.3) is 0 Å². The summed E-state index contributed by atoms with van der Waals surface area (Å²) in [4.78, 5) is 31.7. The first-order valence-corrected chi connectivity index (χ1v) is 9.03. The number of halogens is 3. The number of carbonyl (C=O) groups excluding carboxylic acids is 2. The molecule has 1 aliphatic rings. The Hall–Kier alpha value is -3.10. The smallest absolute Gasteiger partial charge is 0.406 e. The number of carbonyl (C=O) groups is 2. The first-order chi connectivity index (χ1) is 13.6. The van der Waals surface area contributed by atoms with Gasteiger partial charge in [0.05, 0.1) is 5.69 Å². The zero-order chi connectivity index (χ0) is 21.2. The molecule has 0 spiro atoms. The number of amides is 3. The van der Waals surface area contributed by atoms with Crippen LogP contribution in [-0.2, 0) is 17.8 Å². The van der Waals surface area contributed by atoms with E-state index in [0.29, 0.717) is 5.92 Å². The van der Waals surface area contributed by atoms with Crippen molar-refractivity contribution < 1.29 is 27.5 Å². The lowest BCUT2D eigenvalue weighted by Gasteiger charge is -2.19. The summed E-state index contributed by atoms with van der Waals surface area (Å²) in [5, 5.41) is 0. The van der Waals surface area contributed by atoms with Crippen LogP contribution in [0.5, 0.6) is 5.75 Å². The third-order valence-electron chi connectivity index (χ3n) is 4.36. The number of benzene rings is 1. The second-order valence-corrected chi connectivity index (χ2v) is 7.15. The number of rotatable bonds is 6. The molecule has 1 fully saturated rings. The van der Waals surface area contributed by atoms with E-state index in [0.717, 1.165) is 34.6 Å². The fraction of sp³-hybridized carbons (Fsp3) is 0.350. The molecule has 0 aliphatic carbocycles. The third kappa shape index (κ3) is 5.04. The monoisotopic (exact) mass is 407 g/mol. The van der Waals surface area contributed by atoms with E-state index < -0.39 is 24.1 Å². The average molecular weight is 407 g/mol. The lowest BCUT2D eigenvalue weighted by Crippen LogP contribution is -2.33. The SMILES string of the molecule is CC(C)Cc1cnccc1CN1CC(=O)N(c2ccc(OC(F)(F)F)cc2)C1=O. The first-order valence-electron chi connectivity index (χ1n) is 9.03. The first kappa shape index (κ1) is 20.6. The highest BCUT2D eigenvalue weighted by atomic mass is 19.4. The Morgan fingerprint density at radius 2 is 1.79 bits per heavy atom. The Balaban J connectivity index is 1.75. The summed E-state index contributed by atoms with van der Waals surface area (Å²) in [6, 6.07) is 5.92. The molecule has 3 rings (SSSR count). The van der Waals surface area contributed by atoms with Gasteiger partial charge in [-0.1, -0.05) is 13.8 Å². The maximum atomic E-state index is 12.8. The van der Waals surface area contributed by atoms with Crippen LogP contribution in [-0.4, -0.2) is 34.7 Å². The summed E-state index contributed by atoms with van der Waals surface area (Å²) in [5.41, 5.74) is 2.11. The van der Waals surface area contributed by atoms with E-state index in [-0.39, 0.29) is 18.8 Å². The molecular formula is C20H20F3N3O3. The number of urea groups is 1. The largest absolute Gasteiger partial charge is 0.573 e. The molecule has 0 bridgehead atoms. The molecule has 29 heavy (non-hydrogen) atoms. The quantitative estimate of drug-likeness (QED) is 0.675. The molecule has 0 N–H and O–H groups in total. The van der Waals surface area contributed by atoms with E-state index in [9.17, 15) is 22.8 Å². The highest BCUT2D eigenvalue weighted by molar-refractivity contribution is 6.19. The molecule has 1 saturated heterocycles. The van der Waals surface area contributed by atoms with Gasteiger partial charge < -0.3 is 9.64 Å². The molecule has 0 saturated carbocycles. The van der Waals surface area contributed by atoms with Crippen molar-refractivity contribution in [1.29, 1.82) is 0 Å². The number of alkyl halides is 3. The number of aromatic nitrogens is 1. The van der Waals surface area contributed by atoms with Gasteiger partial charge in [0.15, 0.2) is 0 Å². The minimum absolute atomic E-state index is 0.108. The van der Waals surface area contributed by atoms with Crippen molar-refractivity contribution in [3.63, 3.8) is 0 Å². The van der Waals surface area contributed by atoms with E-state index in [2.05, 4.69) is 23.6 Å². The van der Waals surface area contributed by atoms with Gasteiger partial charge in [-0.3, -0.25) is 9.78 Å². The Labute approximate surface area is 165 Å². The molecule has 0 unspecified atom stereocenters. The zero-order valence-corrected chi connectivity index (χ0v) is 15.9. The van der Waals surface area contributed by atoms with Crippen LogP contribution in [0.4, 0.5) is 23.7 Å². The highest BCUT2D eigenvalue weighted by Gasteiger charge is 2.37. The average Bonchev–Trinajstić information content (AvgIpc) is 2.89. The molecule has 1 aliphatic heterocycles. The zero-order valence-electron chi connectivity index (χ0n) is 15.9. The van der Waals surface area contributed by atoms with Crippen LogP contribution in [0.3, 0.4) is 0 Å². The predicted octanol–water partition coefficient (Wildman–Crippen LogP) is 4.15. The molecule has 1 aromatic carbocycles. The van der Waals surface area contributed by atoms with Gasteiger partial charge in [0.25, 0.3) is 5.91 Å².